The minimum atomic E-state index is -0.244. The third-order valence-electron chi connectivity index (χ3n) is 4.19. The third kappa shape index (κ3) is 3.52. The molecule has 27 heavy (non-hydrogen) atoms. The first kappa shape index (κ1) is 17.5. The zero-order valence-corrected chi connectivity index (χ0v) is 15.9. The largest absolute Gasteiger partial charge is 0.507 e. The van der Waals surface area contributed by atoms with Crippen molar-refractivity contribution in [2.45, 2.75) is 6.92 Å². The predicted molar refractivity (Wildman–Crippen MR) is 111 cm³/mol. The molecule has 4 rings (SSSR count). The third-order valence-corrected chi connectivity index (χ3v) is 5.51. The molecule has 3 aromatic carbocycles. The number of hydrogen-bond acceptors (Lipinski definition) is 4. The molecule has 134 valence electrons. The van der Waals surface area contributed by atoms with E-state index in [1.165, 1.54) is 11.3 Å². The number of nitrogens with one attached hydrogen (secondary N) is 1. The molecule has 0 saturated carbocycles. The normalized spacial score (nSPS) is 10.9. The first-order valence-electron chi connectivity index (χ1n) is 8.28. The summed E-state index contributed by atoms with van der Waals surface area (Å²) in [6.07, 6.45) is 0. The van der Waals surface area contributed by atoms with Gasteiger partial charge in [0.05, 0.1) is 15.8 Å². The zero-order valence-electron chi connectivity index (χ0n) is 14.4. The maximum Gasteiger partial charge on any atom is 0.255 e. The molecular formula is C21H15ClN2O2S. The Labute approximate surface area is 165 Å². The van der Waals surface area contributed by atoms with Crippen LogP contribution >= 0.6 is 22.9 Å². The second-order valence-corrected chi connectivity index (χ2v) is 7.60. The second kappa shape index (κ2) is 7.02. The Kier molecular flexibility index (Phi) is 4.56. The molecule has 0 unspecified atom stereocenters. The number of aryl methyl sites for hydroxylation is 1. The van der Waals surface area contributed by atoms with Gasteiger partial charge < -0.3 is 10.4 Å². The Morgan fingerprint density at radius 2 is 1.85 bits per heavy atom. The van der Waals surface area contributed by atoms with Crippen LogP contribution < -0.4 is 5.32 Å². The van der Waals surface area contributed by atoms with Crippen molar-refractivity contribution in [3.63, 3.8) is 0 Å². The van der Waals surface area contributed by atoms with E-state index in [9.17, 15) is 9.90 Å². The minimum absolute atomic E-state index is 0.165. The fourth-order valence-electron chi connectivity index (χ4n) is 2.81. The average molecular weight is 395 g/mol. The number of rotatable bonds is 3. The quantitative estimate of drug-likeness (QED) is 0.426. The number of halogens is 1. The summed E-state index contributed by atoms with van der Waals surface area (Å²) in [4.78, 5) is 17.1. The van der Waals surface area contributed by atoms with Gasteiger partial charge in [-0.15, -0.1) is 11.3 Å². The highest BCUT2D eigenvalue weighted by Gasteiger charge is 2.15. The predicted octanol–water partition coefficient (Wildman–Crippen LogP) is 5.88. The standard InChI is InChI=1S/C21H15ClN2O2S/c1-12-10-15(23-20(26)13-6-8-14(22)9-7-13)11-16(19(12)25)21-24-17-4-2-3-5-18(17)27-21/h2-11,25H,1H3,(H,23,26). The maximum atomic E-state index is 12.5. The molecular weight excluding hydrogens is 380 g/mol. The number of aromatic hydroxyl groups is 1. The van der Waals surface area contributed by atoms with E-state index < -0.39 is 0 Å². The Balaban J connectivity index is 1.70. The lowest BCUT2D eigenvalue weighted by atomic mass is 10.1. The van der Waals surface area contributed by atoms with Crippen LogP contribution in [-0.4, -0.2) is 16.0 Å². The second-order valence-electron chi connectivity index (χ2n) is 6.14. The summed E-state index contributed by atoms with van der Waals surface area (Å²) in [7, 11) is 0. The molecule has 4 nitrogen and oxygen atoms in total. The Morgan fingerprint density at radius 1 is 1.11 bits per heavy atom. The molecule has 4 aromatic rings. The molecule has 0 aliphatic carbocycles. The summed E-state index contributed by atoms with van der Waals surface area (Å²) in [6, 6.07) is 18.0. The van der Waals surface area contributed by atoms with Gasteiger partial charge in [0.1, 0.15) is 10.8 Å². The minimum Gasteiger partial charge on any atom is -0.507 e. The maximum absolute atomic E-state index is 12.5. The number of hydrogen-bond donors (Lipinski definition) is 2. The number of para-hydroxylation sites is 1. The molecule has 0 aliphatic heterocycles. The molecule has 1 amide bonds. The summed E-state index contributed by atoms with van der Waals surface area (Å²) >= 11 is 7.37. The van der Waals surface area contributed by atoms with Gasteiger partial charge in [-0.05, 0) is 61.0 Å². The Hall–Kier alpha value is -2.89. The van der Waals surface area contributed by atoms with Crippen LogP contribution in [0.4, 0.5) is 5.69 Å². The van der Waals surface area contributed by atoms with Gasteiger partial charge in [0.15, 0.2) is 0 Å². The number of fused-ring (bicyclic) bond motifs is 1. The van der Waals surface area contributed by atoms with Gasteiger partial charge in [-0.2, -0.15) is 0 Å². The van der Waals surface area contributed by atoms with Crippen molar-refractivity contribution in [1.29, 1.82) is 0 Å². The lowest BCUT2D eigenvalue weighted by Crippen LogP contribution is -2.11. The Morgan fingerprint density at radius 3 is 2.59 bits per heavy atom. The van der Waals surface area contributed by atoms with Gasteiger partial charge in [0, 0.05) is 16.3 Å². The van der Waals surface area contributed by atoms with Gasteiger partial charge in [-0.3, -0.25) is 4.79 Å². The molecule has 0 bridgehead atoms. The van der Waals surface area contributed by atoms with Crippen molar-refractivity contribution in [3.8, 4) is 16.3 Å². The molecule has 0 saturated heterocycles. The summed E-state index contributed by atoms with van der Waals surface area (Å²) in [5.74, 6) is -0.0782. The number of carbonyl (C=O) groups is 1. The summed E-state index contributed by atoms with van der Waals surface area (Å²) in [5.41, 5.74) is 3.25. The van der Waals surface area contributed by atoms with Crippen molar-refractivity contribution in [2.75, 3.05) is 5.32 Å². The number of carbonyl (C=O) groups excluding carboxylic acids is 1. The summed E-state index contributed by atoms with van der Waals surface area (Å²) in [5, 5.41) is 14.7. The molecule has 0 radical (unpaired) electrons. The van der Waals surface area contributed by atoms with Crippen molar-refractivity contribution in [2.24, 2.45) is 0 Å². The van der Waals surface area contributed by atoms with Crippen LogP contribution in [0.1, 0.15) is 15.9 Å². The fraction of sp³-hybridized carbons (Fsp3) is 0.0476. The smallest absolute Gasteiger partial charge is 0.255 e. The summed E-state index contributed by atoms with van der Waals surface area (Å²) < 4.78 is 1.04. The molecule has 1 heterocycles. The molecule has 6 heteroatoms. The number of aromatic nitrogens is 1. The SMILES string of the molecule is Cc1cc(NC(=O)c2ccc(Cl)cc2)cc(-c2nc3ccccc3s2)c1O. The fourth-order valence-corrected chi connectivity index (χ4v) is 3.92. The van der Waals surface area contributed by atoms with Crippen LogP contribution in [-0.2, 0) is 0 Å². The van der Waals surface area contributed by atoms with Crippen LogP contribution in [0.3, 0.4) is 0 Å². The molecule has 0 aliphatic rings. The van der Waals surface area contributed by atoms with Gasteiger partial charge in [-0.25, -0.2) is 4.98 Å². The number of benzene rings is 3. The van der Waals surface area contributed by atoms with Crippen LogP contribution in [0.5, 0.6) is 5.75 Å². The monoisotopic (exact) mass is 394 g/mol. The topological polar surface area (TPSA) is 62.2 Å². The van der Waals surface area contributed by atoms with Crippen molar-refractivity contribution in [3.05, 3.63) is 76.8 Å². The lowest BCUT2D eigenvalue weighted by molar-refractivity contribution is 0.102. The molecule has 0 atom stereocenters. The van der Waals surface area contributed by atoms with Crippen molar-refractivity contribution < 1.29 is 9.90 Å². The van der Waals surface area contributed by atoms with E-state index in [-0.39, 0.29) is 11.7 Å². The molecule has 1 aromatic heterocycles. The zero-order chi connectivity index (χ0) is 19.0. The van der Waals surface area contributed by atoms with Gasteiger partial charge >= 0.3 is 0 Å². The lowest BCUT2D eigenvalue weighted by Gasteiger charge is -2.11. The number of amides is 1. The van der Waals surface area contributed by atoms with E-state index in [0.29, 0.717) is 32.4 Å². The number of phenolic OH excluding ortho intramolecular Hbond substituents is 1. The highest BCUT2D eigenvalue weighted by atomic mass is 35.5. The van der Waals surface area contributed by atoms with E-state index in [1.54, 1.807) is 43.3 Å². The first-order chi connectivity index (χ1) is 13.0. The number of phenols is 1. The van der Waals surface area contributed by atoms with Crippen LogP contribution in [0.2, 0.25) is 5.02 Å². The highest BCUT2D eigenvalue weighted by Crippen LogP contribution is 2.38. The number of thiazole rings is 1. The molecule has 0 spiro atoms. The molecule has 2 N–H and O–H groups in total. The highest BCUT2D eigenvalue weighted by molar-refractivity contribution is 7.21. The van der Waals surface area contributed by atoms with Crippen molar-refractivity contribution in [1.82, 2.24) is 4.98 Å². The van der Waals surface area contributed by atoms with Crippen LogP contribution in [0.25, 0.3) is 20.8 Å². The van der Waals surface area contributed by atoms with Crippen LogP contribution in [0, 0.1) is 6.92 Å². The molecule has 0 fully saturated rings. The van der Waals surface area contributed by atoms with Gasteiger partial charge in [0.25, 0.3) is 5.91 Å². The Bertz CT molecular complexity index is 1120. The van der Waals surface area contributed by atoms with Gasteiger partial charge in [0.2, 0.25) is 0 Å². The number of anilines is 1. The van der Waals surface area contributed by atoms with E-state index >= 15 is 0 Å². The summed E-state index contributed by atoms with van der Waals surface area (Å²) in [6.45, 7) is 1.80. The first-order valence-corrected chi connectivity index (χ1v) is 9.47. The van der Waals surface area contributed by atoms with Gasteiger partial charge in [-0.1, -0.05) is 23.7 Å². The average Bonchev–Trinajstić information content (AvgIpc) is 3.09. The number of nitrogens with zero attached hydrogens (tertiary/aromatic N) is 1. The van der Waals surface area contributed by atoms with Crippen LogP contribution in [0.15, 0.2) is 60.7 Å². The van der Waals surface area contributed by atoms with Crippen molar-refractivity contribution >= 4 is 44.7 Å². The van der Waals surface area contributed by atoms with E-state index in [0.717, 1.165) is 10.2 Å². The van der Waals surface area contributed by atoms with E-state index in [1.807, 2.05) is 24.3 Å². The van der Waals surface area contributed by atoms with E-state index in [4.69, 9.17) is 11.6 Å². The van der Waals surface area contributed by atoms with E-state index in [2.05, 4.69) is 10.3 Å².